The van der Waals surface area contributed by atoms with Crippen LogP contribution in [0, 0.1) is 26.1 Å². The van der Waals surface area contributed by atoms with Gasteiger partial charge in [0.1, 0.15) is 23.7 Å². The smallest absolute Gasteiger partial charge is 0.308 e. The first kappa shape index (κ1) is 40.9. The maximum absolute atomic E-state index is 13.9. The predicted molar refractivity (Wildman–Crippen MR) is 188 cm³/mol. The number of carbonyl (C=O) groups is 1. The minimum absolute atomic E-state index is 0.00137. The monoisotopic (exact) mass is 767 g/mol. The molecule has 2 aromatic heterocycles. The summed E-state index contributed by atoms with van der Waals surface area (Å²) in [5.41, 5.74) is 1.94. The van der Waals surface area contributed by atoms with Crippen LogP contribution in [-0.4, -0.2) is 119 Å². The van der Waals surface area contributed by atoms with Gasteiger partial charge >= 0.3 is 5.97 Å². The molecule has 0 spiro atoms. The number of ether oxygens (including phenoxy) is 2. The van der Waals surface area contributed by atoms with Crippen molar-refractivity contribution >= 4 is 27.0 Å². The Morgan fingerprint density at radius 2 is 1.79 bits per heavy atom. The summed E-state index contributed by atoms with van der Waals surface area (Å²) in [5, 5.41) is 28.4. The number of benzene rings is 1. The number of H-pyrrole nitrogens is 1. The zero-order valence-electron chi connectivity index (χ0n) is 29.8. The molecule has 292 valence electrons. The lowest BCUT2D eigenvalue weighted by molar-refractivity contribution is -0.790. The molecule has 0 aliphatic carbocycles. The van der Waals surface area contributed by atoms with Crippen LogP contribution in [0.2, 0.25) is 0 Å². The number of nitrogens with zero attached hydrogens (tertiary/aromatic N) is 6. The summed E-state index contributed by atoms with van der Waals surface area (Å²) in [5.74, 6) is -1.62. The molecule has 0 bridgehead atoms. The number of carboxylic acid groups (broad SMARTS) is 1. The van der Waals surface area contributed by atoms with E-state index in [-0.39, 0.29) is 42.4 Å². The number of sulfonamides is 1. The summed E-state index contributed by atoms with van der Waals surface area (Å²) in [6.07, 6.45) is 2.88. The number of aromatic amines is 1. The van der Waals surface area contributed by atoms with Gasteiger partial charge in [0.25, 0.3) is 15.7 Å². The molecule has 1 aliphatic rings. The molecule has 0 radical (unpaired) electrons. The third-order valence-electron chi connectivity index (χ3n) is 8.66. The van der Waals surface area contributed by atoms with Gasteiger partial charge in [-0.3, -0.25) is 9.59 Å². The molecule has 0 amide bonds. The Kier molecular flexibility index (Phi) is 14.5. The quantitative estimate of drug-likeness (QED) is 0.110. The molecule has 1 fully saturated rings. The highest BCUT2D eigenvalue weighted by molar-refractivity contribution is 7.89. The first-order valence-electron chi connectivity index (χ1n) is 17.3. The van der Waals surface area contributed by atoms with Crippen LogP contribution in [-0.2, 0) is 42.2 Å². The summed E-state index contributed by atoms with van der Waals surface area (Å²) < 4.78 is 42.3. The van der Waals surface area contributed by atoms with Crippen molar-refractivity contribution in [2.24, 2.45) is 5.92 Å². The Hall–Kier alpha value is -4.86. The third kappa shape index (κ3) is 10.6. The maximum atomic E-state index is 13.9. The fourth-order valence-electron chi connectivity index (χ4n) is 5.97. The molecule has 2 atom stereocenters. The molecule has 21 heteroatoms. The standard InChI is InChI=1S/C32H45N7O13S/c1-4-7-22-18-36(6-3)29-28(22)33-30(34-31(29)40)26-17-25(8-9-27(26)50-16-5-2)53(47,48)37-14-12-35(13-15-37)11-10-23(32(41)42)19-49-20-24(52-39(45)46)21-51-38(43)44/h8-9,17-18,23-24H,4-7,10-16,19-21H2,1-3H3,(H,41,42)(H,33,34,40)/t23?,24-/m0/s1. The molecule has 20 nitrogen and oxygen atoms in total. The number of rotatable bonds is 22. The van der Waals surface area contributed by atoms with E-state index in [9.17, 15) is 43.3 Å². The zero-order valence-corrected chi connectivity index (χ0v) is 30.6. The van der Waals surface area contributed by atoms with Crippen LogP contribution < -0.4 is 10.3 Å². The minimum Gasteiger partial charge on any atom is -0.493 e. The number of aryl methyl sites for hydroxylation is 2. The minimum atomic E-state index is -4.01. The van der Waals surface area contributed by atoms with Gasteiger partial charge in [0.2, 0.25) is 10.0 Å². The molecule has 1 aromatic carbocycles. The van der Waals surface area contributed by atoms with Gasteiger partial charge in [0, 0.05) is 38.9 Å². The van der Waals surface area contributed by atoms with Crippen LogP contribution in [0.25, 0.3) is 22.4 Å². The van der Waals surface area contributed by atoms with E-state index in [0.29, 0.717) is 61.6 Å². The number of aliphatic carboxylic acids is 1. The second-order valence-electron chi connectivity index (χ2n) is 12.4. The van der Waals surface area contributed by atoms with Crippen molar-refractivity contribution in [2.45, 2.75) is 64.0 Å². The van der Waals surface area contributed by atoms with Crippen molar-refractivity contribution in [3.63, 3.8) is 0 Å². The highest BCUT2D eigenvalue weighted by atomic mass is 32.2. The van der Waals surface area contributed by atoms with Gasteiger partial charge in [-0.1, -0.05) is 20.3 Å². The first-order valence-corrected chi connectivity index (χ1v) is 18.7. The Labute approximate surface area is 304 Å². The van der Waals surface area contributed by atoms with E-state index in [0.717, 1.165) is 18.4 Å². The number of hydrogen-bond donors (Lipinski definition) is 2. The SMILES string of the molecule is CCCOc1ccc(S(=O)(=O)N2CCN(CCC(COC[C@@H](CO[N+](=O)[O-])O[N+](=O)[O-])C(=O)O)CC2)cc1-c1nc2c(CCC)cn(CC)c2c(=O)[nH]1. The Balaban J connectivity index is 1.45. The van der Waals surface area contributed by atoms with Crippen molar-refractivity contribution < 1.29 is 47.6 Å². The molecule has 53 heavy (non-hydrogen) atoms. The Morgan fingerprint density at radius 1 is 1.06 bits per heavy atom. The zero-order chi connectivity index (χ0) is 38.7. The fraction of sp³-hybridized carbons (Fsp3) is 0.594. The molecule has 1 aliphatic heterocycles. The number of nitrogens with one attached hydrogen (secondary N) is 1. The highest BCUT2D eigenvalue weighted by Crippen LogP contribution is 2.33. The van der Waals surface area contributed by atoms with Crippen LogP contribution in [0.4, 0.5) is 0 Å². The number of aromatic nitrogens is 3. The van der Waals surface area contributed by atoms with Gasteiger partial charge in [0.15, 0.2) is 6.10 Å². The number of hydrogen-bond acceptors (Lipinski definition) is 14. The Bertz CT molecular complexity index is 1910. The van der Waals surface area contributed by atoms with E-state index < -0.39 is 51.4 Å². The largest absolute Gasteiger partial charge is 0.493 e. The molecular weight excluding hydrogens is 722 g/mol. The van der Waals surface area contributed by atoms with Gasteiger partial charge < -0.3 is 38.7 Å². The molecule has 1 saturated heterocycles. The fourth-order valence-corrected chi connectivity index (χ4v) is 7.42. The predicted octanol–water partition coefficient (Wildman–Crippen LogP) is 2.35. The van der Waals surface area contributed by atoms with E-state index in [2.05, 4.69) is 14.7 Å². The third-order valence-corrected chi connectivity index (χ3v) is 10.6. The van der Waals surface area contributed by atoms with E-state index in [1.807, 2.05) is 36.4 Å². The van der Waals surface area contributed by atoms with Crippen molar-refractivity contribution in [3.8, 4) is 17.1 Å². The van der Waals surface area contributed by atoms with E-state index in [1.165, 1.54) is 16.4 Å². The lowest BCUT2D eigenvalue weighted by atomic mass is 10.1. The lowest BCUT2D eigenvalue weighted by Crippen LogP contribution is -2.49. The van der Waals surface area contributed by atoms with Crippen LogP contribution in [0.15, 0.2) is 34.1 Å². The molecule has 4 rings (SSSR count). The van der Waals surface area contributed by atoms with E-state index in [4.69, 9.17) is 14.5 Å². The molecule has 3 heterocycles. The van der Waals surface area contributed by atoms with Gasteiger partial charge in [-0.25, -0.2) is 13.4 Å². The summed E-state index contributed by atoms with van der Waals surface area (Å²) in [7, 11) is -4.01. The molecule has 0 saturated carbocycles. The van der Waals surface area contributed by atoms with Crippen LogP contribution in [0.5, 0.6) is 5.75 Å². The van der Waals surface area contributed by atoms with Crippen molar-refractivity contribution in [2.75, 3.05) is 59.2 Å². The summed E-state index contributed by atoms with van der Waals surface area (Å²) in [6.45, 7) is 6.40. The van der Waals surface area contributed by atoms with Crippen LogP contribution in [0.1, 0.15) is 45.6 Å². The van der Waals surface area contributed by atoms with Crippen molar-refractivity contribution in [1.82, 2.24) is 23.7 Å². The summed E-state index contributed by atoms with van der Waals surface area (Å²) in [6, 6.07) is 4.50. The van der Waals surface area contributed by atoms with Gasteiger partial charge in [-0.05, 0) is 56.5 Å². The topological polar surface area (TPSA) is 252 Å². The highest BCUT2D eigenvalue weighted by Gasteiger charge is 2.31. The second-order valence-corrected chi connectivity index (χ2v) is 14.3. The number of piperazine rings is 1. The summed E-state index contributed by atoms with van der Waals surface area (Å²) in [4.78, 5) is 64.3. The number of fused-ring (bicyclic) bond motifs is 1. The Morgan fingerprint density at radius 3 is 2.42 bits per heavy atom. The number of carboxylic acids is 1. The van der Waals surface area contributed by atoms with Gasteiger partial charge in [-0.15, -0.1) is 20.2 Å². The summed E-state index contributed by atoms with van der Waals surface area (Å²) >= 11 is 0. The molecule has 2 N–H and O–H groups in total. The average Bonchev–Trinajstić information content (AvgIpc) is 3.48. The lowest BCUT2D eigenvalue weighted by Gasteiger charge is -2.34. The van der Waals surface area contributed by atoms with E-state index in [1.54, 1.807) is 6.07 Å². The van der Waals surface area contributed by atoms with E-state index >= 15 is 0 Å². The molecule has 3 aromatic rings. The van der Waals surface area contributed by atoms with Crippen molar-refractivity contribution in [1.29, 1.82) is 0 Å². The second kappa shape index (κ2) is 18.8. The normalized spacial score (nSPS) is 15.2. The molecular formula is C32H45N7O13S. The van der Waals surface area contributed by atoms with Crippen molar-refractivity contribution in [3.05, 3.63) is 60.5 Å². The molecule has 1 unspecified atom stereocenters. The maximum Gasteiger partial charge on any atom is 0.308 e. The van der Waals surface area contributed by atoms with Gasteiger partial charge in [-0.2, -0.15) is 4.31 Å². The van der Waals surface area contributed by atoms with Crippen LogP contribution in [0.3, 0.4) is 0 Å². The van der Waals surface area contributed by atoms with Gasteiger partial charge in [0.05, 0.1) is 41.7 Å². The average molecular weight is 768 g/mol. The van der Waals surface area contributed by atoms with Crippen LogP contribution >= 0.6 is 0 Å². The first-order chi connectivity index (χ1) is 25.3.